The predicted octanol–water partition coefficient (Wildman–Crippen LogP) is 6.55. The highest BCUT2D eigenvalue weighted by atomic mass is 14.7. The summed E-state index contributed by atoms with van der Waals surface area (Å²) in [4.78, 5) is 5.18. The minimum atomic E-state index is 0.946. The van der Waals surface area contributed by atoms with Gasteiger partial charge in [0.2, 0.25) is 0 Å². The zero-order valence-corrected chi connectivity index (χ0v) is 15.5. The molecule has 0 N–H and O–H groups in total. The normalized spacial score (nSPS) is 12.7. The van der Waals surface area contributed by atoms with E-state index in [2.05, 4.69) is 91.0 Å². The van der Waals surface area contributed by atoms with E-state index in [1.165, 1.54) is 44.0 Å². The van der Waals surface area contributed by atoms with Gasteiger partial charge in [0.15, 0.2) is 0 Å². The second-order valence-electron chi connectivity index (χ2n) is 7.59. The van der Waals surface area contributed by atoms with Crippen molar-refractivity contribution in [2.45, 2.75) is 12.8 Å². The minimum Gasteiger partial charge on any atom is -0.247 e. The minimum absolute atomic E-state index is 0.946. The van der Waals surface area contributed by atoms with Crippen LogP contribution in [-0.2, 0) is 12.8 Å². The molecule has 0 saturated carbocycles. The van der Waals surface area contributed by atoms with E-state index in [0.717, 1.165) is 24.1 Å². The molecule has 0 amide bonds. The summed E-state index contributed by atoms with van der Waals surface area (Å²) >= 11 is 0. The van der Waals surface area contributed by atoms with Crippen molar-refractivity contribution in [1.82, 2.24) is 4.98 Å². The molecule has 6 rings (SSSR count). The molecule has 0 bridgehead atoms. The van der Waals surface area contributed by atoms with Crippen molar-refractivity contribution in [2.75, 3.05) is 0 Å². The summed E-state index contributed by atoms with van der Waals surface area (Å²) in [6, 6.07) is 32.5. The van der Waals surface area contributed by atoms with E-state index in [1.54, 1.807) is 0 Å². The van der Waals surface area contributed by atoms with Crippen LogP contribution in [0.2, 0.25) is 0 Å². The molecule has 1 heteroatoms. The molecule has 0 unspecified atom stereocenters. The second-order valence-corrected chi connectivity index (χ2v) is 7.59. The van der Waals surface area contributed by atoms with Crippen molar-refractivity contribution in [3.05, 3.63) is 113 Å². The van der Waals surface area contributed by atoms with Crippen LogP contribution in [-0.4, -0.2) is 4.98 Å². The summed E-state index contributed by atoms with van der Waals surface area (Å²) in [7, 11) is 0. The van der Waals surface area contributed by atoms with Crippen LogP contribution in [0.25, 0.3) is 32.9 Å². The lowest BCUT2D eigenvalue weighted by atomic mass is 9.81. The van der Waals surface area contributed by atoms with Gasteiger partial charge in [0, 0.05) is 17.4 Å². The molecule has 1 aromatic heterocycles. The van der Waals surface area contributed by atoms with Crippen molar-refractivity contribution < 1.29 is 0 Å². The fourth-order valence-electron chi connectivity index (χ4n) is 4.66. The molecule has 0 saturated heterocycles. The maximum Gasteiger partial charge on any atom is 0.0747 e. The number of pyridine rings is 1. The van der Waals surface area contributed by atoms with Crippen LogP contribution in [0.1, 0.15) is 22.3 Å². The second kappa shape index (κ2) is 6.03. The third-order valence-electron chi connectivity index (χ3n) is 5.99. The fraction of sp³-hybridized carbons (Fsp3) is 0.0741. The van der Waals surface area contributed by atoms with E-state index in [9.17, 15) is 0 Å². The van der Waals surface area contributed by atoms with Crippen molar-refractivity contribution in [3.63, 3.8) is 0 Å². The van der Waals surface area contributed by atoms with Crippen molar-refractivity contribution in [3.8, 4) is 11.3 Å². The van der Waals surface area contributed by atoms with Crippen molar-refractivity contribution in [2.24, 2.45) is 0 Å². The van der Waals surface area contributed by atoms with Crippen LogP contribution in [0.4, 0.5) is 0 Å². The van der Waals surface area contributed by atoms with Gasteiger partial charge in [0.1, 0.15) is 0 Å². The topological polar surface area (TPSA) is 12.9 Å². The summed E-state index contributed by atoms with van der Waals surface area (Å²) in [5, 5.41) is 3.91. The average molecular weight is 357 g/mol. The Labute approximate surface area is 164 Å². The highest BCUT2D eigenvalue weighted by molar-refractivity contribution is 6.09. The fourth-order valence-corrected chi connectivity index (χ4v) is 4.66. The molecule has 0 radical (unpaired) electrons. The number of aromatic nitrogens is 1. The molecule has 1 heterocycles. The number of fused-ring (bicyclic) bond motifs is 6. The van der Waals surface area contributed by atoms with Crippen molar-refractivity contribution >= 4 is 21.7 Å². The first-order valence-corrected chi connectivity index (χ1v) is 9.84. The molecule has 0 spiro atoms. The zero-order valence-electron chi connectivity index (χ0n) is 15.5. The smallest absolute Gasteiger partial charge is 0.0747 e. The monoisotopic (exact) mass is 357 g/mol. The molecule has 0 atom stereocenters. The van der Waals surface area contributed by atoms with Gasteiger partial charge in [-0.2, -0.15) is 0 Å². The van der Waals surface area contributed by atoms with Crippen LogP contribution >= 0.6 is 0 Å². The Kier molecular flexibility index (Phi) is 3.36. The first-order valence-electron chi connectivity index (χ1n) is 9.84. The Bertz CT molecular complexity index is 1350. The Morgan fingerprint density at radius 3 is 2.07 bits per heavy atom. The molecule has 5 aromatic rings. The highest BCUT2D eigenvalue weighted by Crippen LogP contribution is 2.39. The lowest BCUT2D eigenvalue weighted by molar-refractivity contribution is 1.00. The molecule has 28 heavy (non-hydrogen) atoms. The van der Waals surface area contributed by atoms with Gasteiger partial charge < -0.3 is 0 Å². The Balaban J connectivity index is 1.75. The van der Waals surface area contributed by atoms with E-state index in [1.807, 2.05) is 0 Å². The SMILES string of the molecule is c1ccc(-c2nc3ccc4ccccc4c3c3c2Cc2ccccc2C3)cc1. The Hall–Kier alpha value is -3.45. The molecule has 1 aliphatic rings. The molecule has 4 aromatic carbocycles. The van der Waals surface area contributed by atoms with E-state index in [0.29, 0.717) is 0 Å². The largest absolute Gasteiger partial charge is 0.247 e. The number of benzene rings is 4. The van der Waals surface area contributed by atoms with Gasteiger partial charge in [0.25, 0.3) is 0 Å². The Morgan fingerprint density at radius 1 is 0.571 bits per heavy atom. The van der Waals surface area contributed by atoms with Crippen LogP contribution in [0.5, 0.6) is 0 Å². The molecule has 132 valence electrons. The van der Waals surface area contributed by atoms with Gasteiger partial charge >= 0.3 is 0 Å². The van der Waals surface area contributed by atoms with Gasteiger partial charge in [-0.15, -0.1) is 0 Å². The first kappa shape index (κ1) is 15.6. The van der Waals surface area contributed by atoms with Crippen LogP contribution in [0.15, 0.2) is 91.0 Å². The van der Waals surface area contributed by atoms with E-state index >= 15 is 0 Å². The maximum absolute atomic E-state index is 5.18. The highest BCUT2D eigenvalue weighted by Gasteiger charge is 2.23. The molecule has 1 aliphatic carbocycles. The summed E-state index contributed by atoms with van der Waals surface area (Å²) in [6.07, 6.45) is 1.92. The quantitative estimate of drug-likeness (QED) is 0.304. The number of rotatable bonds is 1. The van der Waals surface area contributed by atoms with E-state index in [4.69, 9.17) is 4.98 Å². The summed E-state index contributed by atoms with van der Waals surface area (Å²) < 4.78 is 0. The zero-order chi connectivity index (χ0) is 18.5. The molecular formula is C27H19N. The first-order chi connectivity index (χ1) is 13.9. The lowest BCUT2D eigenvalue weighted by Gasteiger charge is -2.24. The average Bonchev–Trinajstić information content (AvgIpc) is 2.77. The van der Waals surface area contributed by atoms with E-state index < -0.39 is 0 Å². The van der Waals surface area contributed by atoms with Gasteiger partial charge in [0.05, 0.1) is 11.2 Å². The number of hydrogen-bond acceptors (Lipinski definition) is 1. The summed E-state index contributed by atoms with van der Waals surface area (Å²) in [5.41, 5.74) is 9.12. The third kappa shape index (κ3) is 2.30. The van der Waals surface area contributed by atoms with Crippen LogP contribution in [0, 0.1) is 0 Å². The lowest BCUT2D eigenvalue weighted by Crippen LogP contribution is -2.11. The molecule has 0 aliphatic heterocycles. The van der Waals surface area contributed by atoms with Crippen molar-refractivity contribution in [1.29, 1.82) is 0 Å². The van der Waals surface area contributed by atoms with E-state index in [-0.39, 0.29) is 0 Å². The number of nitrogens with zero attached hydrogens (tertiary/aromatic N) is 1. The predicted molar refractivity (Wildman–Crippen MR) is 117 cm³/mol. The molecular weight excluding hydrogens is 338 g/mol. The maximum atomic E-state index is 5.18. The van der Waals surface area contributed by atoms with Gasteiger partial charge in [-0.3, -0.25) is 0 Å². The van der Waals surface area contributed by atoms with Gasteiger partial charge in [-0.05, 0) is 45.5 Å². The standard InChI is InChI=1S/C27H19N/c1-2-9-19(10-3-1)27-24-17-21-12-5-4-11-20(21)16-23(24)26-22-13-7-6-8-18(22)14-15-25(26)28-27/h1-15H,16-17H2. The molecule has 1 nitrogen and oxygen atoms in total. The summed E-state index contributed by atoms with van der Waals surface area (Å²) in [6.45, 7) is 0. The Morgan fingerprint density at radius 2 is 1.25 bits per heavy atom. The van der Waals surface area contributed by atoms with Crippen LogP contribution in [0.3, 0.4) is 0 Å². The van der Waals surface area contributed by atoms with Gasteiger partial charge in [-0.1, -0.05) is 84.9 Å². The summed E-state index contributed by atoms with van der Waals surface area (Å²) in [5.74, 6) is 0. The molecule has 0 fully saturated rings. The van der Waals surface area contributed by atoms with Crippen LogP contribution < -0.4 is 0 Å². The third-order valence-corrected chi connectivity index (χ3v) is 5.99. The number of hydrogen-bond donors (Lipinski definition) is 0. The van der Waals surface area contributed by atoms with Gasteiger partial charge in [-0.25, -0.2) is 4.98 Å².